The summed E-state index contributed by atoms with van der Waals surface area (Å²) in [5, 5.41) is 22.5. The Balaban J connectivity index is 0.000000797. The maximum atomic E-state index is 4.29. The molecule has 3 aromatic rings. The van der Waals surface area contributed by atoms with E-state index in [2.05, 4.69) is 69.0 Å². The molecule has 0 unspecified atom stereocenters. The van der Waals surface area contributed by atoms with Crippen molar-refractivity contribution >= 4 is 11.4 Å². The number of azo groups is 1. The molecule has 3 aromatic carbocycles. The van der Waals surface area contributed by atoms with Crippen molar-refractivity contribution in [3.05, 3.63) is 121 Å². The van der Waals surface area contributed by atoms with Crippen molar-refractivity contribution < 1.29 is 17.1 Å². The quantitative estimate of drug-likeness (QED) is 0.0733. The number of nitrogens with zero attached hydrogens (tertiary/aromatic N) is 2. The smallest absolute Gasteiger partial charge is 0.316 e. The van der Waals surface area contributed by atoms with Crippen LogP contribution in [-0.2, 0) is 23.6 Å². The number of hydrogen-bond acceptors (Lipinski definition) is 6. The van der Waals surface area contributed by atoms with E-state index in [9.17, 15) is 0 Å². The van der Waals surface area contributed by atoms with Crippen LogP contribution in [0.25, 0.3) is 0 Å². The Kier molecular flexibility index (Phi) is 18.5. The van der Waals surface area contributed by atoms with E-state index in [1.54, 1.807) is 0 Å². The zero-order valence-corrected chi connectivity index (χ0v) is 23.8. The van der Waals surface area contributed by atoms with Gasteiger partial charge in [-0.15, -0.1) is 12.8 Å². The van der Waals surface area contributed by atoms with Gasteiger partial charge in [0.2, 0.25) is 0 Å². The maximum Gasteiger partial charge on any atom is 3.00 e. The summed E-state index contributed by atoms with van der Waals surface area (Å²) in [6.45, 7) is 8.03. The molecule has 1 aliphatic rings. The zero-order valence-electron chi connectivity index (χ0n) is 22.7. The molecule has 4 N–H and O–H groups in total. The first kappa shape index (κ1) is 32.6. The van der Waals surface area contributed by atoms with E-state index >= 15 is 0 Å². The summed E-state index contributed by atoms with van der Waals surface area (Å²) in [7, 11) is 0. The third-order valence-corrected chi connectivity index (χ3v) is 5.81. The summed E-state index contributed by atoms with van der Waals surface area (Å²) in [6.07, 6.45) is 10.8. The van der Waals surface area contributed by atoms with Crippen LogP contribution in [0.3, 0.4) is 0 Å². The molecule has 0 atom stereocenters. The van der Waals surface area contributed by atoms with Gasteiger partial charge in [-0.2, -0.15) is 28.4 Å². The Bertz CT molecular complexity index is 986. The Hall–Kier alpha value is -2.64. The molecule has 0 amide bonds. The van der Waals surface area contributed by atoms with Crippen LogP contribution < -0.4 is 21.3 Å². The van der Waals surface area contributed by atoms with Gasteiger partial charge in [0.25, 0.3) is 0 Å². The summed E-state index contributed by atoms with van der Waals surface area (Å²) < 4.78 is 0. The van der Waals surface area contributed by atoms with Gasteiger partial charge in [-0.3, -0.25) is 0 Å². The molecule has 1 aliphatic carbocycles. The van der Waals surface area contributed by atoms with Crippen molar-refractivity contribution in [1.82, 2.24) is 21.3 Å². The van der Waals surface area contributed by atoms with Crippen LogP contribution in [0.1, 0.15) is 18.4 Å². The second-order valence-corrected chi connectivity index (χ2v) is 9.02. The molecule has 207 valence electrons. The first-order chi connectivity index (χ1) is 18.9. The Morgan fingerprint density at radius 2 is 1.18 bits per heavy atom. The van der Waals surface area contributed by atoms with Crippen LogP contribution >= 0.6 is 0 Å². The largest absolute Gasteiger partial charge is 3.00 e. The molecule has 0 spiro atoms. The number of benzene rings is 2. The molecule has 0 fully saturated rings. The summed E-state index contributed by atoms with van der Waals surface area (Å²) in [6, 6.07) is 28.0. The van der Waals surface area contributed by atoms with E-state index in [0.29, 0.717) is 0 Å². The monoisotopic (exact) mass is 566 g/mol. The fourth-order valence-corrected chi connectivity index (χ4v) is 3.71. The molecule has 4 rings (SSSR count). The van der Waals surface area contributed by atoms with Gasteiger partial charge in [0.05, 0.1) is 11.4 Å². The van der Waals surface area contributed by atoms with E-state index in [1.165, 1.54) is 11.1 Å². The predicted octanol–water partition coefficient (Wildman–Crippen LogP) is 5.70. The molecular formula is C32H42FeN6+. The van der Waals surface area contributed by atoms with Gasteiger partial charge in [0.15, 0.2) is 0 Å². The molecule has 3 radical (unpaired) electrons. The van der Waals surface area contributed by atoms with Gasteiger partial charge >= 0.3 is 17.1 Å². The van der Waals surface area contributed by atoms with Crippen molar-refractivity contribution in [3.63, 3.8) is 0 Å². The van der Waals surface area contributed by atoms with Gasteiger partial charge in [-0.05, 0) is 75.4 Å². The molecule has 7 heteroatoms. The van der Waals surface area contributed by atoms with Crippen molar-refractivity contribution in [2.24, 2.45) is 10.2 Å². The van der Waals surface area contributed by atoms with E-state index in [0.717, 1.165) is 76.6 Å². The normalized spacial score (nSPS) is 12.4. The summed E-state index contributed by atoms with van der Waals surface area (Å²) in [5.74, 6) is 0. The number of allylic oxidation sites excluding steroid dienone is 1. The SMILES string of the molecule is [CH]1[CH][CH-]C(CNCCCNCCNCCCNCc2ccc(N=Nc3ccccc3)cc2)=C1.[Fe+3].c1cc[cH-]c1. The molecule has 0 aromatic heterocycles. The van der Waals surface area contributed by atoms with Crippen LogP contribution in [0.4, 0.5) is 11.4 Å². The van der Waals surface area contributed by atoms with Crippen LogP contribution in [0, 0.1) is 19.3 Å². The summed E-state index contributed by atoms with van der Waals surface area (Å²) >= 11 is 0. The Labute approximate surface area is 246 Å². The molecule has 39 heavy (non-hydrogen) atoms. The second kappa shape index (κ2) is 22.2. The maximum absolute atomic E-state index is 4.29. The zero-order chi connectivity index (χ0) is 26.4. The van der Waals surface area contributed by atoms with E-state index in [4.69, 9.17) is 0 Å². The standard InChI is InChI=1S/C27H37N6.C5H5.Fe/c1-2-10-26(11-3-1)32-33-27-14-12-25(13-15-27)23-31-19-7-17-29-21-20-28-16-6-18-30-22-24-8-4-5-9-24;1-2-4-5-3-1;/h1-5,8-15,28-31H,6-7,16-23H2;1-5H;/q2*-1;+3. The topological polar surface area (TPSA) is 72.8 Å². The molecule has 0 saturated carbocycles. The summed E-state index contributed by atoms with van der Waals surface area (Å²) in [4.78, 5) is 0. The molecular weight excluding hydrogens is 524 g/mol. The fraction of sp³-hybridized carbons (Fsp3) is 0.312. The Morgan fingerprint density at radius 1 is 0.590 bits per heavy atom. The van der Waals surface area contributed by atoms with Crippen molar-refractivity contribution in [3.8, 4) is 0 Å². The number of hydrogen-bond donors (Lipinski definition) is 4. The van der Waals surface area contributed by atoms with Gasteiger partial charge in [-0.25, -0.2) is 30.2 Å². The van der Waals surface area contributed by atoms with E-state index in [1.807, 2.05) is 72.8 Å². The van der Waals surface area contributed by atoms with Crippen LogP contribution in [0.5, 0.6) is 0 Å². The molecule has 0 aliphatic heterocycles. The average Bonchev–Trinajstić information content (AvgIpc) is 3.71. The van der Waals surface area contributed by atoms with Crippen LogP contribution in [-0.4, -0.2) is 45.8 Å². The Morgan fingerprint density at radius 3 is 1.74 bits per heavy atom. The van der Waals surface area contributed by atoms with Crippen LogP contribution in [0.2, 0.25) is 0 Å². The van der Waals surface area contributed by atoms with Crippen molar-refractivity contribution in [2.75, 3.05) is 45.8 Å². The van der Waals surface area contributed by atoms with Crippen LogP contribution in [0.15, 0.2) is 107 Å². The summed E-state index contributed by atoms with van der Waals surface area (Å²) in [5.41, 5.74) is 4.36. The third-order valence-electron chi connectivity index (χ3n) is 5.81. The van der Waals surface area contributed by atoms with E-state index < -0.39 is 0 Å². The molecule has 0 heterocycles. The minimum absolute atomic E-state index is 0. The number of nitrogens with one attached hydrogen (secondary N) is 4. The van der Waals surface area contributed by atoms with Gasteiger partial charge in [0.1, 0.15) is 0 Å². The van der Waals surface area contributed by atoms with Gasteiger partial charge < -0.3 is 21.3 Å². The average molecular weight is 567 g/mol. The van der Waals surface area contributed by atoms with Crippen molar-refractivity contribution in [1.29, 1.82) is 0 Å². The minimum Gasteiger partial charge on any atom is -0.316 e. The third kappa shape index (κ3) is 16.2. The van der Waals surface area contributed by atoms with Crippen molar-refractivity contribution in [2.45, 2.75) is 19.4 Å². The first-order valence-corrected chi connectivity index (χ1v) is 13.7. The molecule has 0 bridgehead atoms. The van der Waals surface area contributed by atoms with E-state index in [-0.39, 0.29) is 17.1 Å². The fourth-order valence-electron chi connectivity index (χ4n) is 3.71. The molecule has 6 nitrogen and oxygen atoms in total. The minimum atomic E-state index is 0. The second-order valence-electron chi connectivity index (χ2n) is 9.02. The first-order valence-electron chi connectivity index (χ1n) is 13.7. The number of rotatable bonds is 17. The molecule has 0 saturated heterocycles. The van der Waals surface area contributed by atoms with Gasteiger partial charge in [0, 0.05) is 19.6 Å². The van der Waals surface area contributed by atoms with Gasteiger partial charge in [-0.1, -0.05) is 30.3 Å². The predicted molar refractivity (Wildman–Crippen MR) is 160 cm³/mol.